The molecule has 0 N–H and O–H groups in total. The van der Waals surface area contributed by atoms with Gasteiger partial charge < -0.3 is 4.74 Å². The van der Waals surface area contributed by atoms with Gasteiger partial charge in [-0.2, -0.15) is 0 Å². The molecule has 3 aliphatic rings. The lowest BCUT2D eigenvalue weighted by Crippen LogP contribution is -2.44. The molecule has 3 fully saturated rings. The highest BCUT2D eigenvalue weighted by atomic mass is 16.5. The highest BCUT2D eigenvalue weighted by Crippen LogP contribution is 2.59. The van der Waals surface area contributed by atoms with Crippen molar-refractivity contribution in [1.82, 2.24) is 0 Å². The number of hydrogen-bond acceptors (Lipinski definition) is 1. The molecule has 0 aliphatic heterocycles. The molecule has 26 heavy (non-hydrogen) atoms. The van der Waals surface area contributed by atoms with Crippen molar-refractivity contribution in [3.8, 4) is 5.75 Å². The molecular weight excluding hydrogens is 316 g/mol. The Morgan fingerprint density at radius 3 is 2.15 bits per heavy atom. The van der Waals surface area contributed by atoms with Crippen molar-refractivity contribution in [2.75, 3.05) is 6.61 Å². The smallest absolute Gasteiger partial charge is 0.119 e. The van der Waals surface area contributed by atoms with Gasteiger partial charge in [-0.1, -0.05) is 63.3 Å². The molecule has 0 saturated heterocycles. The van der Waals surface area contributed by atoms with E-state index in [2.05, 4.69) is 37.3 Å². The predicted octanol–water partition coefficient (Wildman–Crippen LogP) is 7.59. The van der Waals surface area contributed by atoms with Gasteiger partial charge in [-0.05, 0) is 80.4 Å². The first kappa shape index (κ1) is 19.5. The number of benzene rings is 1. The zero-order valence-electron chi connectivity index (χ0n) is 17.1. The second-order valence-corrected chi connectivity index (χ2v) is 8.85. The fraction of sp³-hybridized carbons (Fsp3) is 0.680. The molecule has 0 atom stereocenters. The zero-order chi connectivity index (χ0) is 18.3. The van der Waals surface area contributed by atoms with Crippen LogP contribution < -0.4 is 4.74 Å². The lowest BCUT2D eigenvalue weighted by atomic mass is 9.51. The van der Waals surface area contributed by atoms with Crippen LogP contribution in [-0.2, 0) is 5.41 Å². The molecule has 1 heteroatoms. The van der Waals surface area contributed by atoms with E-state index < -0.39 is 0 Å². The van der Waals surface area contributed by atoms with E-state index in [4.69, 9.17) is 4.74 Å². The SMILES string of the molecule is CC=CCOc1ccc(C23CCC(CCCCCCC)(CC2)CC3)cc1. The van der Waals surface area contributed by atoms with Crippen LogP contribution in [0, 0.1) is 5.41 Å². The van der Waals surface area contributed by atoms with Crippen LogP contribution in [0.15, 0.2) is 36.4 Å². The van der Waals surface area contributed by atoms with E-state index in [1.54, 1.807) is 5.56 Å². The second kappa shape index (κ2) is 9.11. The molecule has 0 unspecified atom stereocenters. The third kappa shape index (κ3) is 4.53. The Bertz CT molecular complexity index is 544. The van der Waals surface area contributed by atoms with Gasteiger partial charge >= 0.3 is 0 Å². The number of allylic oxidation sites excluding steroid dienone is 1. The quantitative estimate of drug-likeness (QED) is 0.310. The van der Waals surface area contributed by atoms with Crippen LogP contribution in [0.4, 0.5) is 0 Å². The summed E-state index contributed by atoms with van der Waals surface area (Å²) in [5.41, 5.74) is 2.72. The Hall–Kier alpha value is -1.24. The van der Waals surface area contributed by atoms with E-state index in [9.17, 15) is 0 Å². The van der Waals surface area contributed by atoms with E-state index in [0.29, 0.717) is 17.4 Å². The molecule has 0 aromatic heterocycles. The summed E-state index contributed by atoms with van der Waals surface area (Å²) in [6.07, 6.45) is 21.3. The number of rotatable bonds is 10. The van der Waals surface area contributed by atoms with Gasteiger partial charge in [0.25, 0.3) is 0 Å². The van der Waals surface area contributed by atoms with Crippen LogP contribution in [0.2, 0.25) is 0 Å². The maximum Gasteiger partial charge on any atom is 0.119 e. The van der Waals surface area contributed by atoms with E-state index in [1.807, 2.05) is 13.0 Å². The summed E-state index contributed by atoms with van der Waals surface area (Å²) in [6.45, 7) is 5.01. The fourth-order valence-corrected chi connectivity index (χ4v) is 5.32. The van der Waals surface area contributed by atoms with Crippen LogP contribution in [0.1, 0.15) is 96.5 Å². The maximum absolute atomic E-state index is 5.77. The Balaban J connectivity index is 1.52. The normalized spacial score (nSPS) is 27.9. The molecule has 0 amide bonds. The van der Waals surface area contributed by atoms with Crippen molar-refractivity contribution in [2.24, 2.45) is 5.41 Å². The van der Waals surface area contributed by atoms with E-state index in [0.717, 1.165) is 5.75 Å². The molecule has 4 rings (SSSR count). The van der Waals surface area contributed by atoms with Crippen molar-refractivity contribution in [3.63, 3.8) is 0 Å². The van der Waals surface area contributed by atoms with E-state index in [-0.39, 0.29) is 0 Å². The highest BCUT2D eigenvalue weighted by Gasteiger charge is 2.48. The number of fused-ring (bicyclic) bond motifs is 3. The van der Waals surface area contributed by atoms with Crippen LogP contribution in [0.5, 0.6) is 5.75 Å². The minimum absolute atomic E-state index is 0.464. The summed E-state index contributed by atoms with van der Waals surface area (Å²) in [7, 11) is 0. The molecule has 0 radical (unpaired) electrons. The van der Waals surface area contributed by atoms with Crippen LogP contribution in [0.3, 0.4) is 0 Å². The fourth-order valence-electron chi connectivity index (χ4n) is 5.32. The molecule has 1 aromatic rings. The Labute approximate surface area is 161 Å². The van der Waals surface area contributed by atoms with E-state index in [1.165, 1.54) is 77.0 Å². The predicted molar refractivity (Wildman–Crippen MR) is 112 cm³/mol. The largest absolute Gasteiger partial charge is 0.490 e. The highest BCUT2D eigenvalue weighted by molar-refractivity contribution is 5.34. The Morgan fingerprint density at radius 1 is 0.885 bits per heavy atom. The van der Waals surface area contributed by atoms with Gasteiger partial charge in [0, 0.05) is 0 Å². The molecular formula is C25H38O. The summed E-state index contributed by atoms with van der Waals surface area (Å²) in [5.74, 6) is 0.997. The van der Waals surface area contributed by atoms with Crippen LogP contribution in [0.25, 0.3) is 0 Å². The molecule has 3 saturated carbocycles. The summed E-state index contributed by atoms with van der Waals surface area (Å²) in [4.78, 5) is 0. The molecule has 2 bridgehead atoms. The third-order valence-corrected chi connectivity index (χ3v) is 7.26. The minimum Gasteiger partial charge on any atom is -0.490 e. The lowest BCUT2D eigenvalue weighted by Gasteiger charge is -2.54. The summed E-state index contributed by atoms with van der Waals surface area (Å²) in [6, 6.07) is 9.04. The van der Waals surface area contributed by atoms with Gasteiger partial charge in [0.2, 0.25) is 0 Å². The maximum atomic E-state index is 5.77. The molecule has 3 aliphatic carbocycles. The number of hydrogen-bond donors (Lipinski definition) is 0. The molecule has 1 nitrogen and oxygen atoms in total. The first-order chi connectivity index (χ1) is 12.7. The standard InChI is InChI=1S/C25H38O/c1-3-5-7-8-9-14-24-15-18-25(19-16-24,20-17-24)22-10-12-23(13-11-22)26-21-6-4-2/h4,6,10-13H,3,5,7-9,14-21H2,1-2H3. The van der Waals surface area contributed by atoms with Crippen molar-refractivity contribution >= 4 is 0 Å². The second-order valence-electron chi connectivity index (χ2n) is 8.85. The minimum atomic E-state index is 0.464. The molecule has 0 spiro atoms. The summed E-state index contributed by atoms with van der Waals surface area (Å²) in [5, 5.41) is 0. The average Bonchev–Trinajstić information content (AvgIpc) is 2.70. The monoisotopic (exact) mass is 354 g/mol. The molecule has 144 valence electrons. The average molecular weight is 355 g/mol. The Morgan fingerprint density at radius 2 is 1.54 bits per heavy atom. The van der Waals surface area contributed by atoms with Gasteiger partial charge in [-0.15, -0.1) is 0 Å². The van der Waals surface area contributed by atoms with Gasteiger partial charge in [-0.25, -0.2) is 0 Å². The molecule has 1 aromatic carbocycles. The van der Waals surface area contributed by atoms with E-state index >= 15 is 0 Å². The topological polar surface area (TPSA) is 9.23 Å². The van der Waals surface area contributed by atoms with Crippen LogP contribution >= 0.6 is 0 Å². The summed E-state index contributed by atoms with van der Waals surface area (Å²) >= 11 is 0. The lowest BCUT2D eigenvalue weighted by molar-refractivity contribution is 0.0304. The third-order valence-electron chi connectivity index (χ3n) is 7.26. The first-order valence-electron chi connectivity index (χ1n) is 11.1. The Kier molecular flexibility index (Phi) is 6.84. The zero-order valence-corrected chi connectivity index (χ0v) is 17.1. The van der Waals surface area contributed by atoms with Gasteiger partial charge in [-0.3, -0.25) is 0 Å². The van der Waals surface area contributed by atoms with Crippen molar-refractivity contribution in [2.45, 2.75) is 96.3 Å². The van der Waals surface area contributed by atoms with Gasteiger partial charge in [0.05, 0.1) is 0 Å². The van der Waals surface area contributed by atoms with Crippen molar-refractivity contribution in [1.29, 1.82) is 0 Å². The van der Waals surface area contributed by atoms with Gasteiger partial charge in [0.15, 0.2) is 0 Å². The number of unbranched alkanes of at least 4 members (excludes halogenated alkanes) is 4. The summed E-state index contributed by atoms with van der Waals surface area (Å²) < 4.78 is 5.77. The van der Waals surface area contributed by atoms with Crippen molar-refractivity contribution in [3.05, 3.63) is 42.0 Å². The van der Waals surface area contributed by atoms with Crippen LogP contribution in [-0.4, -0.2) is 6.61 Å². The van der Waals surface area contributed by atoms with Gasteiger partial charge in [0.1, 0.15) is 12.4 Å². The number of ether oxygens (including phenoxy) is 1. The van der Waals surface area contributed by atoms with Crippen molar-refractivity contribution < 1.29 is 4.74 Å². The first-order valence-corrected chi connectivity index (χ1v) is 11.1. The molecule has 0 heterocycles.